The lowest BCUT2D eigenvalue weighted by Crippen LogP contribution is -2.24. The highest BCUT2D eigenvalue weighted by atomic mass is 16.4. The van der Waals surface area contributed by atoms with Gasteiger partial charge in [0.15, 0.2) is 0 Å². The molecule has 0 aliphatic heterocycles. The van der Waals surface area contributed by atoms with E-state index in [1.165, 1.54) is 0 Å². The molecule has 0 heterocycles. The van der Waals surface area contributed by atoms with Gasteiger partial charge >= 0.3 is 5.97 Å². The van der Waals surface area contributed by atoms with Crippen molar-refractivity contribution in [3.8, 4) is 0 Å². The van der Waals surface area contributed by atoms with Crippen LogP contribution >= 0.6 is 0 Å². The number of carboxylic acids is 1. The van der Waals surface area contributed by atoms with E-state index in [4.69, 9.17) is 5.11 Å². The van der Waals surface area contributed by atoms with Crippen LogP contribution in [0.15, 0.2) is 91.0 Å². The second-order valence-electron chi connectivity index (χ2n) is 9.07. The Balaban J connectivity index is 1.56. The average molecular weight is 495 g/mol. The zero-order valence-electron chi connectivity index (χ0n) is 20.7. The number of aliphatic carboxylic acids is 1. The zero-order chi connectivity index (χ0) is 26.2. The van der Waals surface area contributed by atoms with Gasteiger partial charge in [-0.05, 0) is 59.4 Å². The number of carbonyl (C=O) groups is 3. The maximum absolute atomic E-state index is 13.4. The molecular weight excluding hydrogens is 464 g/mol. The van der Waals surface area contributed by atoms with Crippen LogP contribution in [-0.4, -0.2) is 22.9 Å². The van der Waals surface area contributed by atoms with Crippen molar-refractivity contribution in [3.05, 3.63) is 113 Å². The summed E-state index contributed by atoms with van der Waals surface area (Å²) in [6.07, 6.45) is 0.923. The topological polar surface area (TPSA) is 95.5 Å². The monoisotopic (exact) mass is 494 g/mol. The van der Waals surface area contributed by atoms with Gasteiger partial charge in [-0.1, -0.05) is 78.9 Å². The number of hydrogen-bond acceptors (Lipinski definition) is 3. The maximum Gasteiger partial charge on any atom is 0.303 e. The summed E-state index contributed by atoms with van der Waals surface area (Å²) >= 11 is 0. The molecule has 3 N–H and O–H groups in total. The van der Waals surface area contributed by atoms with E-state index in [0.717, 1.165) is 27.5 Å². The van der Waals surface area contributed by atoms with Crippen LogP contribution in [0.1, 0.15) is 52.7 Å². The molecule has 0 aromatic heterocycles. The molecule has 0 spiro atoms. The fourth-order valence-corrected chi connectivity index (χ4v) is 4.37. The van der Waals surface area contributed by atoms with Gasteiger partial charge in [0.1, 0.15) is 0 Å². The number of rotatable bonds is 10. The van der Waals surface area contributed by atoms with Crippen molar-refractivity contribution in [2.45, 2.75) is 38.6 Å². The van der Waals surface area contributed by atoms with Gasteiger partial charge in [0.25, 0.3) is 5.91 Å². The third-order valence-electron chi connectivity index (χ3n) is 6.45. The molecule has 37 heavy (non-hydrogen) atoms. The third-order valence-corrected chi connectivity index (χ3v) is 6.45. The Hall–Kier alpha value is -4.45. The van der Waals surface area contributed by atoms with E-state index in [-0.39, 0.29) is 18.2 Å². The zero-order valence-corrected chi connectivity index (χ0v) is 20.7. The average Bonchev–Trinajstić information content (AvgIpc) is 2.92. The molecule has 6 heteroatoms. The molecule has 1 atom stereocenters. The number of aryl methyl sites for hydroxylation is 1. The third kappa shape index (κ3) is 6.61. The van der Waals surface area contributed by atoms with Gasteiger partial charge < -0.3 is 15.7 Å². The molecule has 2 amide bonds. The predicted octanol–water partition coefficient (Wildman–Crippen LogP) is 5.92. The van der Waals surface area contributed by atoms with Gasteiger partial charge in [-0.2, -0.15) is 0 Å². The van der Waals surface area contributed by atoms with Crippen molar-refractivity contribution < 1.29 is 19.5 Å². The minimum atomic E-state index is -0.868. The van der Waals surface area contributed by atoms with Gasteiger partial charge in [0.05, 0.1) is 5.92 Å². The number of carbonyl (C=O) groups excluding carboxylic acids is 2. The smallest absolute Gasteiger partial charge is 0.303 e. The standard InChI is InChI=1S/C31H30N2O4/c1-21(26-15-7-12-23-11-5-6-14-27(23)26)30(36)33-28-19-25(18-17-24(28)13-8-16-29(34)35)31(37)32-20-22-9-3-2-4-10-22/h2-7,9-12,14-15,17-19,21H,8,13,16,20H2,1H3,(H,32,37)(H,33,36)(H,34,35). The van der Waals surface area contributed by atoms with Crippen molar-refractivity contribution in [3.63, 3.8) is 0 Å². The first-order chi connectivity index (χ1) is 17.9. The second-order valence-corrected chi connectivity index (χ2v) is 9.07. The van der Waals surface area contributed by atoms with Crippen LogP contribution in [0.2, 0.25) is 0 Å². The molecule has 0 aliphatic rings. The Morgan fingerprint density at radius 1 is 0.865 bits per heavy atom. The number of nitrogens with one attached hydrogen (secondary N) is 2. The lowest BCUT2D eigenvalue weighted by atomic mass is 9.94. The Bertz CT molecular complexity index is 1410. The van der Waals surface area contributed by atoms with E-state index >= 15 is 0 Å². The maximum atomic E-state index is 13.4. The van der Waals surface area contributed by atoms with E-state index < -0.39 is 11.9 Å². The molecule has 4 aromatic rings. The van der Waals surface area contributed by atoms with Crippen molar-refractivity contribution in [2.24, 2.45) is 0 Å². The summed E-state index contributed by atoms with van der Waals surface area (Å²) < 4.78 is 0. The SMILES string of the molecule is CC(C(=O)Nc1cc(C(=O)NCc2ccccc2)ccc1CCCC(=O)O)c1cccc2ccccc12. The van der Waals surface area contributed by atoms with E-state index in [0.29, 0.717) is 30.6 Å². The van der Waals surface area contributed by atoms with Crippen molar-refractivity contribution in [1.29, 1.82) is 0 Å². The molecule has 0 radical (unpaired) electrons. The van der Waals surface area contributed by atoms with Crippen LogP contribution < -0.4 is 10.6 Å². The Morgan fingerprint density at radius 2 is 1.59 bits per heavy atom. The predicted molar refractivity (Wildman–Crippen MR) is 146 cm³/mol. The van der Waals surface area contributed by atoms with Crippen LogP contribution in [-0.2, 0) is 22.6 Å². The summed E-state index contributed by atoms with van der Waals surface area (Å²) in [7, 11) is 0. The molecule has 1 unspecified atom stereocenters. The molecule has 0 aliphatic carbocycles. The van der Waals surface area contributed by atoms with E-state index in [2.05, 4.69) is 10.6 Å². The molecule has 4 aromatic carbocycles. The Morgan fingerprint density at radius 3 is 2.38 bits per heavy atom. The van der Waals surface area contributed by atoms with E-state index in [9.17, 15) is 14.4 Å². The Kier molecular flexibility index (Phi) is 8.31. The number of amides is 2. The summed E-state index contributed by atoms with van der Waals surface area (Å²) in [6, 6.07) is 28.6. The molecule has 0 bridgehead atoms. The van der Waals surface area contributed by atoms with Crippen molar-refractivity contribution in [2.75, 3.05) is 5.32 Å². The normalized spacial score (nSPS) is 11.6. The minimum absolute atomic E-state index is 0.0269. The van der Waals surface area contributed by atoms with Crippen molar-refractivity contribution in [1.82, 2.24) is 5.32 Å². The molecular formula is C31H30N2O4. The quantitative estimate of drug-likeness (QED) is 0.255. The molecule has 0 fully saturated rings. The fourth-order valence-electron chi connectivity index (χ4n) is 4.37. The highest BCUT2D eigenvalue weighted by Gasteiger charge is 2.20. The minimum Gasteiger partial charge on any atom is -0.481 e. The van der Waals surface area contributed by atoms with Gasteiger partial charge in [-0.3, -0.25) is 14.4 Å². The number of benzene rings is 4. The number of hydrogen-bond donors (Lipinski definition) is 3. The van der Waals surface area contributed by atoms with Gasteiger partial charge in [-0.15, -0.1) is 0 Å². The van der Waals surface area contributed by atoms with Gasteiger partial charge in [0, 0.05) is 24.2 Å². The first-order valence-corrected chi connectivity index (χ1v) is 12.4. The van der Waals surface area contributed by atoms with Gasteiger partial charge in [-0.25, -0.2) is 0 Å². The summed E-state index contributed by atoms with van der Waals surface area (Å²) in [6.45, 7) is 2.25. The lowest BCUT2D eigenvalue weighted by molar-refractivity contribution is -0.137. The van der Waals surface area contributed by atoms with Crippen LogP contribution in [0.25, 0.3) is 10.8 Å². The molecule has 188 valence electrons. The second kappa shape index (κ2) is 12.0. The Labute approximate surface area is 216 Å². The van der Waals surface area contributed by atoms with Crippen molar-refractivity contribution >= 4 is 34.2 Å². The summed E-state index contributed by atoms with van der Waals surface area (Å²) in [5.74, 6) is -1.75. The number of fused-ring (bicyclic) bond motifs is 1. The molecule has 0 saturated heterocycles. The highest BCUT2D eigenvalue weighted by molar-refractivity contribution is 6.01. The number of carboxylic acid groups (broad SMARTS) is 1. The summed E-state index contributed by atoms with van der Waals surface area (Å²) in [5, 5.41) is 17.0. The molecule has 6 nitrogen and oxygen atoms in total. The van der Waals surface area contributed by atoms with E-state index in [1.54, 1.807) is 18.2 Å². The largest absolute Gasteiger partial charge is 0.481 e. The fraction of sp³-hybridized carbons (Fsp3) is 0.194. The first kappa shape index (κ1) is 25.6. The highest BCUT2D eigenvalue weighted by Crippen LogP contribution is 2.28. The van der Waals surface area contributed by atoms with Crippen LogP contribution in [0.3, 0.4) is 0 Å². The molecule has 0 saturated carbocycles. The van der Waals surface area contributed by atoms with Crippen LogP contribution in [0, 0.1) is 0 Å². The molecule has 4 rings (SSSR count). The van der Waals surface area contributed by atoms with Crippen LogP contribution in [0.4, 0.5) is 5.69 Å². The number of anilines is 1. The first-order valence-electron chi connectivity index (χ1n) is 12.4. The van der Waals surface area contributed by atoms with Crippen LogP contribution in [0.5, 0.6) is 0 Å². The summed E-state index contributed by atoms with van der Waals surface area (Å²) in [4.78, 5) is 37.3. The van der Waals surface area contributed by atoms with Gasteiger partial charge in [0.2, 0.25) is 5.91 Å². The van der Waals surface area contributed by atoms with E-state index in [1.807, 2.05) is 79.7 Å². The summed E-state index contributed by atoms with van der Waals surface area (Å²) in [5.41, 5.74) is 3.64. The lowest BCUT2D eigenvalue weighted by Gasteiger charge is -2.18.